The van der Waals surface area contributed by atoms with Crippen LogP contribution in [0.15, 0.2) is 41.9 Å². The van der Waals surface area contributed by atoms with Gasteiger partial charge >= 0.3 is 0 Å². The smallest absolute Gasteiger partial charge is 0.269 e. The van der Waals surface area contributed by atoms with Crippen LogP contribution < -0.4 is 10.6 Å². The predicted octanol–water partition coefficient (Wildman–Crippen LogP) is 2.27. The second-order valence-electron chi connectivity index (χ2n) is 4.55. The van der Waals surface area contributed by atoms with Gasteiger partial charge in [-0.2, -0.15) is 0 Å². The molecule has 0 aliphatic rings. The maximum Gasteiger partial charge on any atom is 0.269 e. The quantitative estimate of drug-likeness (QED) is 0.192. The van der Waals surface area contributed by atoms with Gasteiger partial charge in [0.15, 0.2) is 5.96 Å². The SMILES string of the molecule is C=CCNC(=NC)NCCCCc1ccc([N+](=O)[O-])cc1. The van der Waals surface area contributed by atoms with Crippen LogP contribution >= 0.6 is 0 Å². The van der Waals surface area contributed by atoms with Crippen LogP contribution in [0.1, 0.15) is 18.4 Å². The molecule has 0 saturated heterocycles. The second kappa shape index (κ2) is 9.52. The Kier molecular flexibility index (Phi) is 7.56. The van der Waals surface area contributed by atoms with Gasteiger partial charge in [-0.1, -0.05) is 18.2 Å². The van der Waals surface area contributed by atoms with E-state index in [1.807, 2.05) is 12.1 Å². The highest BCUT2D eigenvalue weighted by molar-refractivity contribution is 5.79. The van der Waals surface area contributed by atoms with Crippen molar-refractivity contribution in [2.24, 2.45) is 4.99 Å². The number of hydrogen-bond donors (Lipinski definition) is 2. The summed E-state index contributed by atoms with van der Waals surface area (Å²) in [5, 5.41) is 16.9. The molecule has 6 heteroatoms. The molecule has 1 rings (SSSR count). The van der Waals surface area contributed by atoms with Gasteiger partial charge in [0.1, 0.15) is 0 Å². The molecule has 114 valence electrons. The van der Waals surface area contributed by atoms with Crippen molar-refractivity contribution in [1.29, 1.82) is 0 Å². The zero-order valence-corrected chi connectivity index (χ0v) is 12.3. The minimum absolute atomic E-state index is 0.137. The molecule has 6 nitrogen and oxygen atoms in total. The van der Waals surface area contributed by atoms with Crippen LogP contribution in [0, 0.1) is 10.1 Å². The topological polar surface area (TPSA) is 79.6 Å². The third-order valence-corrected chi connectivity index (χ3v) is 2.97. The Labute approximate surface area is 125 Å². The molecule has 1 aromatic rings. The first-order valence-electron chi connectivity index (χ1n) is 6.96. The van der Waals surface area contributed by atoms with Crippen molar-refractivity contribution in [1.82, 2.24) is 10.6 Å². The van der Waals surface area contributed by atoms with E-state index in [1.165, 1.54) is 0 Å². The van der Waals surface area contributed by atoms with E-state index in [0.29, 0.717) is 6.54 Å². The number of nitro groups is 1. The minimum Gasteiger partial charge on any atom is -0.356 e. The summed E-state index contributed by atoms with van der Waals surface area (Å²) in [5.74, 6) is 0.769. The number of rotatable bonds is 8. The number of hydrogen-bond acceptors (Lipinski definition) is 3. The fourth-order valence-corrected chi connectivity index (χ4v) is 1.83. The lowest BCUT2D eigenvalue weighted by Crippen LogP contribution is -2.37. The number of aryl methyl sites for hydroxylation is 1. The summed E-state index contributed by atoms with van der Waals surface area (Å²) in [5.41, 5.74) is 1.26. The molecule has 0 bridgehead atoms. The van der Waals surface area contributed by atoms with Gasteiger partial charge in [-0.25, -0.2) is 0 Å². The van der Waals surface area contributed by atoms with E-state index < -0.39 is 0 Å². The first-order valence-corrected chi connectivity index (χ1v) is 6.96. The Hall–Kier alpha value is -2.37. The van der Waals surface area contributed by atoms with Crippen LogP contribution in [-0.4, -0.2) is 31.0 Å². The van der Waals surface area contributed by atoms with Crippen molar-refractivity contribution < 1.29 is 4.92 Å². The first kappa shape index (κ1) is 16.7. The Balaban J connectivity index is 2.21. The Morgan fingerprint density at radius 3 is 2.62 bits per heavy atom. The minimum atomic E-state index is -0.379. The molecule has 0 aliphatic carbocycles. The lowest BCUT2D eigenvalue weighted by Gasteiger charge is -2.10. The van der Waals surface area contributed by atoms with E-state index >= 15 is 0 Å². The Morgan fingerprint density at radius 2 is 2.05 bits per heavy atom. The average Bonchev–Trinajstić information content (AvgIpc) is 2.50. The standard InChI is InChI=1S/C15H22N4O2/c1-3-11-17-15(16-2)18-12-5-4-6-13-7-9-14(10-8-13)19(20)21/h3,7-10H,1,4-6,11-12H2,2H3,(H2,16,17,18). The molecule has 0 heterocycles. The second-order valence-corrected chi connectivity index (χ2v) is 4.55. The molecule has 0 amide bonds. The normalized spacial score (nSPS) is 11.0. The van der Waals surface area contributed by atoms with Crippen LogP contribution in [0.4, 0.5) is 5.69 Å². The summed E-state index contributed by atoms with van der Waals surface area (Å²) in [6.45, 7) is 5.16. The number of guanidine groups is 1. The fraction of sp³-hybridized carbons (Fsp3) is 0.400. The van der Waals surface area contributed by atoms with Crippen molar-refractivity contribution in [3.63, 3.8) is 0 Å². The number of non-ortho nitro benzene ring substituents is 1. The fourth-order valence-electron chi connectivity index (χ4n) is 1.83. The highest BCUT2D eigenvalue weighted by Gasteiger charge is 2.03. The Bertz CT molecular complexity index is 483. The number of nitrogens with one attached hydrogen (secondary N) is 2. The van der Waals surface area contributed by atoms with Gasteiger partial charge in [-0.3, -0.25) is 15.1 Å². The van der Waals surface area contributed by atoms with Gasteiger partial charge in [0, 0.05) is 32.3 Å². The summed E-state index contributed by atoms with van der Waals surface area (Å²) in [4.78, 5) is 14.3. The lowest BCUT2D eigenvalue weighted by atomic mass is 10.1. The summed E-state index contributed by atoms with van der Waals surface area (Å²) in [6.07, 6.45) is 4.72. The third-order valence-electron chi connectivity index (χ3n) is 2.97. The molecule has 0 saturated carbocycles. The monoisotopic (exact) mass is 290 g/mol. The molecule has 0 fully saturated rings. The lowest BCUT2D eigenvalue weighted by molar-refractivity contribution is -0.384. The maximum atomic E-state index is 10.6. The molecule has 2 N–H and O–H groups in total. The van der Waals surface area contributed by atoms with E-state index in [4.69, 9.17) is 0 Å². The van der Waals surface area contributed by atoms with Crippen molar-refractivity contribution in [2.75, 3.05) is 20.1 Å². The number of benzene rings is 1. The molecular formula is C15H22N4O2. The third kappa shape index (κ3) is 6.56. The number of nitro benzene ring substituents is 1. The average molecular weight is 290 g/mol. The molecular weight excluding hydrogens is 268 g/mol. The van der Waals surface area contributed by atoms with Gasteiger partial charge in [-0.15, -0.1) is 6.58 Å². The summed E-state index contributed by atoms with van der Waals surface area (Å²) < 4.78 is 0. The van der Waals surface area contributed by atoms with Crippen molar-refractivity contribution >= 4 is 11.6 Å². The van der Waals surface area contributed by atoms with Crippen molar-refractivity contribution in [3.05, 3.63) is 52.6 Å². The number of nitrogens with zero attached hydrogens (tertiary/aromatic N) is 2. The molecule has 0 atom stereocenters. The molecule has 0 aromatic heterocycles. The maximum absolute atomic E-state index is 10.6. The van der Waals surface area contributed by atoms with Crippen molar-refractivity contribution in [2.45, 2.75) is 19.3 Å². The summed E-state index contributed by atoms with van der Waals surface area (Å²) in [7, 11) is 1.73. The predicted molar refractivity (Wildman–Crippen MR) is 85.6 cm³/mol. The van der Waals surface area contributed by atoms with E-state index in [9.17, 15) is 10.1 Å². The van der Waals surface area contributed by atoms with E-state index in [-0.39, 0.29) is 10.6 Å². The molecule has 0 radical (unpaired) electrons. The summed E-state index contributed by atoms with van der Waals surface area (Å²) in [6, 6.07) is 6.73. The van der Waals surface area contributed by atoms with Gasteiger partial charge in [-0.05, 0) is 24.8 Å². The molecule has 0 unspecified atom stereocenters. The zero-order valence-electron chi connectivity index (χ0n) is 12.3. The zero-order chi connectivity index (χ0) is 15.5. The highest BCUT2D eigenvalue weighted by atomic mass is 16.6. The number of unbranched alkanes of at least 4 members (excludes halogenated alkanes) is 1. The van der Waals surface area contributed by atoms with Crippen LogP contribution in [0.3, 0.4) is 0 Å². The molecule has 1 aromatic carbocycles. The van der Waals surface area contributed by atoms with Crippen LogP contribution in [0.25, 0.3) is 0 Å². The van der Waals surface area contributed by atoms with Crippen molar-refractivity contribution in [3.8, 4) is 0 Å². The van der Waals surface area contributed by atoms with E-state index in [0.717, 1.165) is 37.3 Å². The van der Waals surface area contributed by atoms with Crippen LogP contribution in [0.5, 0.6) is 0 Å². The summed E-state index contributed by atoms with van der Waals surface area (Å²) >= 11 is 0. The molecule has 0 spiro atoms. The van der Waals surface area contributed by atoms with Crippen LogP contribution in [0.2, 0.25) is 0 Å². The van der Waals surface area contributed by atoms with Gasteiger partial charge < -0.3 is 10.6 Å². The van der Waals surface area contributed by atoms with Gasteiger partial charge in [0.25, 0.3) is 5.69 Å². The van der Waals surface area contributed by atoms with Crippen LogP contribution in [-0.2, 0) is 6.42 Å². The van der Waals surface area contributed by atoms with E-state index in [2.05, 4.69) is 22.2 Å². The highest BCUT2D eigenvalue weighted by Crippen LogP contribution is 2.13. The first-order chi connectivity index (χ1) is 10.2. The Morgan fingerprint density at radius 1 is 1.33 bits per heavy atom. The van der Waals surface area contributed by atoms with Gasteiger partial charge in [0.2, 0.25) is 0 Å². The largest absolute Gasteiger partial charge is 0.356 e. The van der Waals surface area contributed by atoms with Gasteiger partial charge in [0.05, 0.1) is 4.92 Å². The molecule has 0 aliphatic heterocycles. The molecule has 21 heavy (non-hydrogen) atoms. The number of aliphatic imine (C=N–C) groups is 1. The van der Waals surface area contributed by atoms with E-state index in [1.54, 1.807) is 25.3 Å².